The maximum absolute atomic E-state index is 11.9. The van der Waals surface area contributed by atoms with Crippen LogP contribution in [0.1, 0.15) is 25.0 Å². The number of carbonyl (C=O) groups is 1. The first-order valence-electron chi connectivity index (χ1n) is 8.36. The maximum atomic E-state index is 11.9. The van der Waals surface area contributed by atoms with Crippen molar-refractivity contribution >= 4 is 28.6 Å². The summed E-state index contributed by atoms with van der Waals surface area (Å²) in [5.41, 5.74) is 3.30. The van der Waals surface area contributed by atoms with Crippen molar-refractivity contribution in [3.63, 3.8) is 0 Å². The van der Waals surface area contributed by atoms with E-state index in [1.807, 2.05) is 50.2 Å². The van der Waals surface area contributed by atoms with E-state index in [0.29, 0.717) is 0 Å². The van der Waals surface area contributed by atoms with Gasteiger partial charge in [-0.15, -0.1) is 0 Å². The number of ether oxygens (including phenoxy) is 1. The van der Waals surface area contributed by atoms with E-state index >= 15 is 0 Å². The van der Waals surface area contributed by atoms with Crippen LogP contribution in [0, 0.1) is 0 Å². The second-order valence-corrected chi connectivity index (χ2v) is 7.10. The van der Waals surface area contributed by atoms with Gasteiger partial charge in [0.1, 0.15) is 5.03 Å². The summed E-state index contributed by atoms with van der Waals surface area (Å²) in [5.74, 6) is 0.0614. The minimum atomic E-state index is -0.208. The predicted octanol–water partition coefficient (Wildman–Crippen LogP) is 4.87. The van der Waals surface area contributed by atoms with Gasteiger partial charge in [-0.1, -0.05) is 60.3 Å². The smallest absolute Gasteiger partial charge is 0.316 e. The molecular weight excluding hydrogens is 330 g/mol. The lowest BCUT2D eigenvalue weighted by atomic mass is 10.0. The third-order valence-electron chi connectivity index (χ3n) is 3.69. The molecule has 0 atom stereocenters. The van der Waals surface area contributed by atoms with Crippen LogP contribution in [0.15, 0.2) is 65.7 Å². The lowest BCUT2D eigenvalue weighted by Crippen LogP contribution is -2.13. The Hall–Kier alpha value is -2.33. The van der Waals surface area contributed by atoms with E-state index in [2.05, 4.69) is 24.3 Å². The van der Waals surface area contributed by atoms with Gasteiger partial charge >= 0.3 is 5.97 Å². The third kappa shape index (κ3) is 4.83. The molecule has 0 fully saturated rings. The predicted molar refractivity (Wildman–Crippen MR) is 103 cm³/mol. The highest BCUT2D eigenvalue weighted by Crippen LogP contribution is 2.27. The molecule has 2 aromatic carbocycles. The molecule has 1 heterocycles. The average Bonchev–Trinajstić information content (AvgIpc) is 2.60. The summed E-state index contributed by atoms with van der Waals surface area (Å²) in [6.07, 6.45) is 0.696. The van der Waals surface area contributed by atoms with Gasteiger partial charge in [-0.2, -0.15) is 0 Å². The van der Waals surface area contributed by atoms with Crippen molar-refractivity contribution in [3.8, 4) is 0 Å². The van der Waals surface area contributed by atoms with Gasteiger partial charge in [-0.3, -0.25) is 4.79 Å². The molecule has 4 heteroatoms. The molecule has 0 aliphatic rings. The van der Waals surface area contributed by atoms with Crippen LogP contribution in [0.3, 0.4) is 0 Å². The quantitative estimate of drug-likeness (QED) is 0.469. The third-order valence-corrected chi connectivity index (χ3v) is 4.70. The molecule has 0 aliphatic heterocycles. The van der Waals surface area contributed by atoms with Gasteiger partial charge in [0.15, 0.2) is 0 Å². The minimum absolute atomic E-state index is 0.0959. The molecular formula is C21H21NO2S. The highest BCUT2D eigenvalue weighted by molar-refractivity contribution is 7.99. The van der Waals surface area contributed by atoms with Gasteiger partial charge < -0.3 is 4.74 Å². The highest BCUT2D eigenvalue weighted by atomic mass is 32.2. The Morgan fingerprint density at radius 2 is 1.80 bits per heavy atom. The van der Waals surface area contributed by atoms with Crippen LogP contribution in [-0.4, -0.2) is 22.8 Å². The van der Waals surface area contributed by atoms with Crippen LogP contribution in [0.2, 0.25) is 0 Å². The Labute approximate surface area is 152 Å². The molecule has 0 radical (unpaired) electrons. The number of esters is 1. The molecule has 0 spiro atoms. The normalized spacial score (nSPS) is 11.0. The lowest BCUT2D eigenvalue weighted by Gasteiger charge is -2.11. The van der Waals surface area contributed by atoms with E-state index in [1.54, 1.807) is 0 Å². The first-order valence-corrected chi connectivity index (χ1v) is 9.35. The first-order chi connectivity index (χ1) is 12.1. The summed E-state index contributed by atoms with van der Waals surface area (Å²) in [5, 5.41) is 2.01. The van der Waals surface area contributed by atoms with Crippen LogP contribution in [0.4, 0.5) is 0 Å². The van der Waals surface area contributed by atoms with E-state index in [-0.39, 0.29) is 17.8 Å². The Kier molecular flexibility index (Phi) is 5.71. The number of hydrogen-bond donors (Lipinski definition) is 0. The fraction of sp³-hybridized carbons (Fsp3) is 0.238. The molecule has 3 nitrogen and oxygen atoms in total. The van der Waals surface area contributed by atoms with E-state index in [4.69, 9.17) is 9.72 Å². The zero-order valence-electron chi connectivity index (χ0n) is 14.4. The second kappa shape index (κ2) is 8.17. The van der Waals surface area contributed by atoms with Crippen molar-refractivity contribution in [3.05, 3.63) is 71.8 Å². The zero-order valence-corrected chi connectivity index (χ0v) is 15.3. The van der Waals surface area contributed by atoms with Gasteiger partial charge in [-0.25, -0.2) is 4.98 Å². The van der Waals surface area contributed by atoms with Crippen LogP contribution in [0.25, 0.3) is 10.9 Å². The maximum Gasteiger partial charge on any atom is 0.316 e. The number of rotatable bonds is 6. The van der Waals surface area contributed by atoms with Gasteiger partial charge in [0.2, 0.25) is 0 Å². The highest BCUT2D eigenvalue weighted by Gasteiger charge is 2.12. The molecule has 0 amide bonds. The molecule has 0 saturated heterocycles. The summed E-state index contributed by atoms with van der Waals surface area (Å²) in [6, 6.07) is 20.5. The van der Waals surface area contributed by atoms with Gasteiger partial charge in [-0.05, 0) is 37.1 Å². The number of pyridine rings is 1. The van der Waals surface area contributed by atoms with Gasteiger partial charge in [0.05, 0.1) is 17.4 Å². The van der Waals surface area contributed by atoms with Crippen LogP contribution in [0.5, 0.6) is 0 Å². The molecule has 128 valence electrons. The van der Waals surface area contributed by atoms with E-state index in [1.165, 1.54) is 17.3 Å². The Morgan fingerprint density at radius 1 is 1.08 bits per heavy atom. The van der Waals surface area contributed by atoms with Crippen LogP contribution < -0.4 is 0 Å². The van der Waals surface area contributed by atoms with Crippen molar-refractivity contribution in [2.24, 2.45) is 0 Å². The Bertz CT molecular complexity index is 862. The van der Waals surface area contributed by atoms with Crippen molar-refractivity contribution in [2.45, 2.75) is 31.4 Å². The van der Waals surface area contributed by atoms with Crippen LogP contribution in [-0.2, 0) is 16.0 Å². The number of thioether (sulfide) groups is 1. The van der Waals surface area contributed by atoms with E-state index in [0.717, 1.165) is 27.9 Å². The molecule has 0 aliphatic carbocycles. The number of carbonyl (C=O) groups excluding carboxylic acids is 1. The Morgan fingerprint density at radius 3 is 2.56 bits per heavy atom. The number of benzene rings is 2. The Balaban J connectivity index is 1.88. The monoisotopic (exact) mass is 351 g/mol. The van der Waals surface area contributed by atoms with Crippen LogP contribution >= 0.6 is 11.8 Å². The number of nitrogens with zero attached hydrogens (tertiary/aromatic N) is 1. The topological polar surface area (TPSA) is 39.2 Å². The number of aromatic nitrogens is 1. The average molecular weight is 351 g/mol. The summed E-state index contributed by atoms with van der Waals surface area (Å²) >= 11 is 1.45. The summed E-state index contributed by atoms with van der Waals surface area (Å²) < 4.78 is 5.23. The summed E-state index contributed by atoms with van der Waals surface area (Å²) in [4.78, 5) is 16.7. The molecule has 0 saturated carbocycles. The lowest BCUT2D eigenvalue weighted by molar-refractivity contribution is -0.144. The molecule has 0 unspecified atom stereocenters. The number of hydrogen-bond acceptors (Lipinski definition) is 4. The number of fused-ring (bicyclic) bond motifs is 1. The SMILES string of the molecule is CC(C)OC(=O)CSc1nc2ccccc2cc1Cc1ccccc1. The fourth-order valence-electron chi connectivity index (χ4n) is 2.63. The second-order valence-electron chi connectivity index (χ2n) is 6.14. The van der Waals surface area contributed by atoms with Crippen molar-refractivity contribution < 1.29 is 9.53 Å². The standard InChI is InChI=1S/C21H21NO2S/c1-15(2)24-20(23)14-25-21-18(12-16-8-4-3-5-9-16)13-17-10-6-7-11-19(17)22-21/h3-11,13,15H,12,14H2,1-2H3. The summed E-state index contributed by atoms with van der Waals surface area (Å²) in [7, 11) is 0. The van der Waals surface area contributed by atoms with Crippen molar-refractivity contribution in [1.29, 1.82) is 0 Å². The van der Waals surface area contributed by atoms with E-state index in [9.17, 15) is 4.79 Å². The molecule has 25 heavy (non-hydrogen) atoms. The number of para-hydroxylation sites is 1. The first kappa shape index (κ1) is 17.5. The van der Waals surface area contributed by atoms with E-state index < -0.39 is 0 Å². The molecule has 3 aromatic rings. The van der Waals surface area contributed by atoms with Gasteiger partial charge in [0.25, 0.3) is 0 Å². The molecule has 0 N–H and O–H groups in total. The summed E-state index contributed by atoms with van der Waals surface area (Å²) in [6.45, 7) is 3.72. The molecule has 3 rings (SSSR count). The molecule has 0 bridgehead atoms. The van der Waals surface area contributed by atoms with Gasteiger partial charge in [0, 0.05) is 11.8 Å². The molecule has 1 aromatic heterocycles. The van der Waals surface area contributed by atoms with Crippen molar-refractivity contribution in [1.82, 2.24) is 4.98 Å². The largest absolute Gasteiger partial charge is 0.462 e. The fourth-order valence-corrected chi connectivity index (χ4v) is 3.44. The zero-order chi connectivity index (χ0) is 17.6. The van der Waals surface area contributed by atoms with Crippen molar-refractivity contribution in [2.75, 3.05) is 5.75 Å². The minimum Gasteiger partial charge on any atom is -0.462 e.